The third kappa shape index (κ3) is 3.26. The lowest BCUT2D eigenvalue weighted by atomic mass is 10.1. The smallest absolute Gasteiger partial charge is 0.309 e. The van der Waals surface area contributed by atoms with E-state index in [0.717, 1.165) is 12.2 Å². The van der Waals surface area contributed by atoms with Gasteiger partial charge < -0.3 is 15.3 Å². The zero-order valence-electron chi connectivity index (χ0n) is 11.8. The second-order valence-corrected chi connectivity index (χ2v) is 5.54. The van der Waals surface area contributed by atoms with Crippen molar-refractivity contribution in [2.24, 2.45) is 5.92 Å². The predicted octanol–water partition coefficient (Wildman–Crippen LogP) is 1.80. The first-order valence-electron chi connectivity index (χ1n) is 6.75. The number of hydrogen-bond acceptors (Lipinski definition) is 3. The Bertz CT molecular complexity index is 473. The molecule has 0 aromatic heterocycles. The summed E-state index contributed by atoms with van der Waals surface area (Å²) in [6.45, 7) is 8.19. The van der Waals surface area contributed by atoms with E-state index in [-0.39, 0.29) is 5.92 Å². The van der Waals surface area contributed by atoms with E-state index in [1.54, 1.807) is 0 Å². The van der Waals surface area contributed by atoms with E-state index in [9.17, 15) is 9.90 Å². The summed E-state index contributed by atoms with van der Waals surface area (Å²) in [5.74, 6) is -1.08. The number of nitrogens with zero attached hydrogens (tertiary/aromatic N) is 1. The van der Waals surface area contributed by atoms with Gasteiger partial charge in [-0.1, -0.05) is 12.1 Å². The number of carbonyl (C=O) groups is 1. The number of carboxylic acid groups (broad SMARTS) is 1. The minimum absolute atomic E-state index is 0.296. The van der Waals surface area contributed by atoms with Crippen molar-refractivity contribution in [2.75, 3.05) is 24.5 Å². The van der Waals surface area contributed by atoms with Crippen molar-refractivity contribution in [1.29, 1.82) is 0 Å². The predicted molar refractivity (Wildman–Crippen MR) is 76.7 cm³/mol. The average Bonchev–Trinajstić information content (AvgIpc) is 2.54. The van der Waals surface area contributed by atoms with Crippen molar-refractivity contribution in [3.8, 4) is 0 Å². The summed E-state index contributed by atoms with van der Waals surface area (Å²) in [5.41, 5.74) is 3.56. The van der Waals surface area contributed by atoms with Gasteiger partial charge in [-0.15, -0.1) is 0 Å². The molecule has 0 spiro atoms. The zero-order chi connectivity index (χ0) is 14.0. The van der Waals surface area contributed by atoms with Gasteiger partial charge >= 0.3 is 5.97 Å². The molecule has 1 aliphatic heterocycles. The Labute approximate surface area is 114 Å². The van der Waals surface area contributed by atoms with E-state index in [1.165, 1.54) is 11.1 Å². The molecule has 19 heavy (non-hydrogen) atoms. The number of rotatable bonds is 2. The Morgan fingerprint density at radius 1 is 1.37 bits per heavy atom. The Kier molecular flexibility index (Phi) is 4.10. The highest BCUT2D eigenvalue weighted by atomic mass is 16.4. The molecule has 4 nitrogen and oxygen atoms in total. The molecule has 2 unspecified atom stereocenters. The summed E-state index contributed by atoms with van der Waals surface area (Å²) < 4.78 is 0. The molecule has 1 aliphatic rings. The molecule has 0 aliphatic carbocycles. The summed E-state index contributed by atoms with van der Waals surface area (Å²) in [6.07, 6.45) is 0. The van der Waals surface area contributed by atoms with Gasteiger partial charge in [0.1, 0.15) is 0 Å². The van der Waals surface area contributed by atoms with Gasteiger partial charge in [0.15, 0.2) is 0 Å². The van der Waals surface area contributed by atoms with Crippen molar-refractivity contribution in [2.45, 2.75) is 26.8 Å². The van der Waals surface area contributed by atoms with Crippen molar-refractivity contribution in [3.05, 3.63) is 29.3 Å². The molecular weight excluding hydrogens is 240 g/mol. The molecule has 2 N–H and O–H groups in total. The molecule has 104 valence electrons. The normalized spacial score (nSPS) is 24.1. The summed E-state index contributed by atoms with van der Waals surface area (Å²) in [6, 6.07) is 6.63. The van der Waals surface area contributed by atoms with Crippen LogP contribution in [0.1, 0.15) is 18.1 Å². The van der Waals surface area contributed by atoms with Crippen LogP contribution in [0.2, 0.25) is 0 Å². The summed E-state index contributed by atoms with van der Waals surface area (Å²) in [5, 5.41) is 12.6. The maximum atomic E-state index is 11.3. The molecule has 2 rings (SSSR count). The van der Waals surface area contributed by atoms with Crippen molar-refractivity contribution >= 4 is 11.7 Å². The van der Waals surface area contributed by atoms with Gasteiger partial charge in [0.2, 0.25) is 0 Å². The standard InChI is InChI=1S/C15H22N2O2/c1-10-4-5-11(2)14(6-10)17-8-12(3)16-7-13(9-17)15(18)19/h4-6,12-13,16H,7-9H2,1-3H3,(H,18,19). The van der Waals surface area contributed by atoms with E-state index in [4.69, 9.17) is 0 Å². The van der Waals surface area contributed by atoms with Crippen LogP contribution in [0.4, 0.5) is 5.69 Å². The Balaban J connectivity index is 2.29. The van der Waals surface area contributed by atoms with E-state index < -0.39 is 5.97 Å². The molecule has 1 aromatic carbocycles. The molecule has 1 heterocycles. The van der Waals surface area contributed by atoms with E-state index >= 15 is 0 Å². The molecule has 1 aromatic rings. The first-order chi connectivity index (χ1) is 8.97. The minimum Gasteiger partial charge on any atom is -0.481 e. The second kappa shape index (κ2) is 5.61. The van der Waals surface area contributed by atoms with Crippen LogP contribution in [-0.4, -0.2) is 36.8 Å². The fourth-order valence-electron chi connectivity index (χ4n) is 2.57. The van der Waals surface area contributed by atoms with Crippen LogP contribution in [0.5, 0.6) is 0 Å². The van der Waals surface area contributed by atoms with Gasteiger partial charge in [0, 0.05) is 31.4 Å². The number of aliphatic carboxylic acids is 1. The topological polar surface area (TPSA) is 52.6 Å². The highest BCUT2D eigenvalue weighted by molar-refractivity contribution is 5.71. The highest BCUT2D eigenvalue weighted by Gasteiger charge is 2.26. The number of aryl methyl sites for hydroxylation is 2. The highest BCUT2D eigenvalue weighted by Crippen LogP contribution is 2.24. The second-order valence-electron chi connectivity index (χ2n) is 5.54. The van der Waals surface area contributed by atoms with Crippen LogP contribution >= 0.6 is 0 Å². The fourth-order valence-corrected chi connectivity index (χ4v) is 2.57. The van der Waals surface area contributed by atoms with Crippen molar-refractivity contribution < 1.29 is 9.90 Å². The largest absolute Gasteiger partial charge is 0.481 e. The number of carboxylic acids is 1. The van der Waals surface area contributed by atoms with Gasteiger partial charge in [0.25, 0.3) is 0 Å². The lowest BCUT2D eigenvalue weighted by Gasteiger charge is -2.28. The average molecular weight is 262 g/mol. The minimum atomic E-state index is -0.725. The van der Waals surface area contributed by atoms with Crippen LogP contribution in [0.25, 0.3) is 0 Å². The van der Waals surface area contributed by atoms with Gasteiger partial charge in [0.05, 0.1) is 5.92 Å². The lowest BCUT2D eigenvalue weighted by Crippen LogP contribution is -2.35. The SMILES string of the molecule is Cc1ccc(C)c(N2CC(C)NCC(C(=O)O)C2)c1. The molecule has 0 saturated carbocycles. The maximum absolute atomic E-state index is 11.3. The molecule has 1 saturated heterocycles. The van der Waals surface area contributed by atoms with E-state index in [2.05, 4.69) is 49.2 Å². The Morgan fingerprint density at radius 3 is 2.79 bits per heavy atom. The molecule has 0 radical (unpaired) electrons. The molecule has 0 bridgehead atoms. The van der Waals surface area contributed by atoms with Gasteiger partial charge in [-0.3, -0.25) is 4.79 Å². The van der Waals surface area contributed by atoms with Crippen molar-refractivity contribution in [1.82, 2.24) is 5.32 Å². The van der Waals surface area contributed by atoms with Gasteiger partial charge in [-0.2, -0.15) is 0 Å². The number of hydrogen-bond donors (Lipinski definition) is 2. The summed E-state index contributed by atoms with van der Waals surface area (Å²) in [7, 11) is 0. The molecule has 0 amide bonds. The maximum Gasteiger partial charge on any atom is 0.309 e. The van der Waals surface area contributed by atoms with Gasteiger partial charge in [-0.05, 0) is 38.0 Å². The van der Waals surface area contributed by atoms with Crippen LogP contribution in [0, 0.1) is 19.8 Å². The zero-order valence-corrected chi connectivity index (χ0v) is 11.8. The first kappa shape index (κ1) is 13.9. The molecule has 1 fully saturated rings. The van der Waals surface area contributed by atoms with Crippen LogP contribution in [-0.2, 0) is 4.79 Å². The molecular formula is C15H22N2O2. The van der Waals surface area contributed by atoms with Gasteiger partial charge in [-0.25, -0.2) is 0 Å². The number of benzene rings is 1. The van der Waals surface area contributed by atoms with E-state index in [1.807, 2.05) is 0 Å². The Morgan fingerprint density at radius 2 is 2.11 bits per heavy atom. The third-order valence-electron chi connectivity index (χ3n) is 3.70. The van der Waals surface area contributed by atoms with E-state index in [0.29, 0.717) is 19.1 Å². The lowest BCUT2D eigenvalue weighted by molar-refractivity contribution is -0.141. The van der Waals surface area contributed by atoms with Crippen LogP contribution in [0.3, 0.4) is 0 Å². The first-order valence-corrected chi connectivity index (χ1v) is 6.75. The van der Waals surface area contributed by atoms with Crippen LogP contribution in [0.15, 0.2) is 18.2 Å². The van der Waals surface area contributed by atoms with Crippen LogP contribution < -0.4 is 10.2 Å². The monoisotopic (exact) mass is 262 g/mol. The fraction of sp³-hybridized carbons (Fsp3) is 0.533. The molecule has 4 heteroatoms. The third-order valence-corrected chi connectivity index (χ3v) is 3.70. The Hall–Kier alpha value is -1.55. The van der Waals surface area contributed by atoms with Crippen molar-refractivity contribution in [3.63, 3.8) is 0 Å². The number of anilines is 1. The molecule has 2 atom stereocenters. The summed E-state index contributed by atoms with van der Waals surface area (Å²) in [4.78, 5) is 13.5. The number of nitrogens with one attached hydrogen (secondary N) is 1. The quantitative estimate of drug-likeness (QED) is 0.853. The summed E-state index contributed by atoms with van der Waals surface area (Å²) >= 11 is 0.